The number of para-hydroxylation sites is 1. The Balaban J connectivity index is 1.51. The monoisotopic (exact) mass is 492 g/mol. The van der Waals surface area contributed by atoms with Crippen molar-refractivity contribution in [1.29, 1.82) is 0 Å². The van der Waals surface area contributed by atoms with E-state index >= 15 is 0 Å². The number of hydrogen-bond donors (Lipinski definition) is 3. The zero-order valence-electron chi connectivity index (χ0n) is 19.5. The number of carbonyl (C=O) groups excluding carboxylic acids is 3. The fraction of sp³-hybridized carbons (Fsp3) is 0.154. The Hall–Kier alpha value is -4.17. The van der Waals surface area contributed by atoms with Gasteiger partial charge in [-0.25, -0.2) is 5.43 Å². The van der Waals surface area contributed by atoms with E-state index in [9.17, 15) is 14.4 Å². The fourth-order valence-corrected chi connectivity index (χ4v) is 3.34. The lowest BCUT2D eigenvalue weighted by atomic mass is 10.1. The molecule has 35 heavy (non-hydrogen) atoms. The van der Waals surface area contributed by atoms with Crippen LogP contribution in [0.25, 0.3) is 0 Å². The lowest BCUT2D eigenvalue weighted by Crippen LogP contribution is -2.32. The number of hydrazone groups is 1. The van der Waals surface area contributed by atoms with Crippen molar-refractivity contribution in [3.05, 3.63) is 87.9 Å². The predicted octanol–water partition coefficient (Wildman–Crippen LogP) is 4.37. The van der Waals surface area contributed by atoms with Gasteiger partial charge in [-0.15, -0.1) is 0 Å². The average Bonchev–Trinajstić information content (AvgIpc) is 2.83. The smallest absolute Gasteiger partial charge is 0.329 e. The molecule has 0 fully saturated rings. The Bertz CT molecular complexity index is 1270. The maximum absolute atomic E-state index is 12.2. The van der Waals surface area contributed by atoms with E-state index in [4.69, 9.17) is 16.3 Å². The molecule has 8 nitrogen and oxygen atoms in total. The quantitative estimate of drug-likeness (QED) is 0.258. The van der Waals surface area contributed by atoms with Gasteiger partial charge < -0.3 is 15.4 Å². The molecular weight excluding hydrogens is 468 g/mol. The molecule has 3 N–H and O–H groups in total. The number of aryl methyl sites for hydroxylation is 2. The highest BCUT2D eigenvalue weighted by atomic mass is 35.5. The van der Waals surface area contributed by atoms with Crippen molar-refractivity contribution in [3.63, 3.8) is 0 Å². The van der Waals surface area contributed by atoms with Crippen molar-refractivity contribution in [3.8, 4) is 5.75 Å². The maximum atomic E-state index is 12.2. The Kier molecular flexibility index (Phi) is 8.58. The van der Waals surface area contributed by atoms with Crippen LogP contribution in [0.1, 0.15) is 22.3 Å². The standard InChI is InChI=1S/C26H25ClN4O4/c1-16-7-4-8-17(2)24(16)30-25(33)26(34)31-28-14-19-9-5-10-20(13-19)35-15-23(32)29-22-12-6-11-21(27)18(22)3/h4-14H,15H2,1-3H3,(H,29,32)(H,30,33)(H,31,34)/b28-14-. The molecule has 180 valence electrons. The molecule has 0 aliphatic heterocycles. The summed E-state index contributed by atoms with van der Waals surface area (Å²) in [5, 5.41) is 9.74. The molecule has 3 aromatic carbocycles. The number of nitrogens with zero attached hydrogens (tertiary/aromatic N) is 1. The summed E-state index contributed by atoms with van der Waals surface area (Å²) in [6.45, 7) is 5.29. The first-order valence-electron chi connectivity index (χ1n) is 10.7. The van der Waals surface area contributed by atoms with E-state index in [-0.39, 0.29) is 12.5 Å². The number of benzene rings is 3. The highest BCUT2D eigenvalue weighted by Crippen LogP contribution is 2.23. The van der Waals surface area contributed by atoms with Crippen molar-refractivity contribution < 1.29 is 19.1 Å². The Morgan fingerprint density at radius 3 is 2.34 bits per heavy atom. The van der Waals surface area contributed by atoms with Gasteiger partial charge in [0.15, 0.2) is 6.61 Å². The summed E-state index contributed by atoms with van der Waals surface area (Å²) in [5.41, 5.74) is 6.48. The summed E-state index contributed by atoms with van der Waals surface area (Å²) in [6, 6.07) is 17.6. The van der Waals surface area contributed by atoms with Gasteiger partial charge in [-0.1, -0.05) is 48.0 Å². The van der Waals surface area contributed by atoms with E-state index in [1.54, 1.807) is 42.5 Å². The summed E-state index contributed by atoms with van der Waals surface area (Å²) < 4.78 is 5.55. The van der Waals surface area contributed by atoms with Crippen LogP contribution in [0, 0.1) is 20.8 Å². The lowest BCUT2D eigenvalue weighted by Gasteiger charge is -2.11. The zero-order valence-corrected chi connectivity index (χ0v) is 20.3. The molecule has 3 amide bonds. The van der Waals surface area contributed by atoms with E-state index in [0.29, 0.717) is 27.7 Å². The molecule has 0 aliphatic carbocycles. The van der Waals surface area contributed by atoms with Crippen LogP contribution in [0.15, 0.2) is 65.8 Å². The zero-order chi connectivity index (χ0) is 25.4. The Morgan fingerprint density at radius 2 is 1.60 bits per heavy atom. The van der Waals surface area contributed by atoms with Gasteiger partial charge in [-0.3, -0.25) is 14.4 Å². The summed E-state index contributed by atoms with van der Waals surface area (Å²) >= 11 is 6.07. The highest BCUT2D eigenvalue weighted by molar-refractivity contribution is 6.39. The minimum Gasteiger partial charge on any atom is -0.484 e. The first kappa shape index (κ1) is 25.5. The van der Waals surface area contributed by atoms with Crippen LogP contribution in [0.3, 0.4) is 0 Å². The SMILES string of the molecule is Cc1cccc(C)c1NC(=O)C(=O)N/N=C\c1cccc(OCC(=O)Nc2cccc(Cl)c2C)c1. The molecule has 0 bridgehead atoms. The van der Waals surface area contributed by atoms with Gasteiger partial charge in [0.1, 0.15) is 5.75 Å². The Labute approximate surface area is 208 Å². The fourth-order valence-electron chi connectivity index (χ4n) is 3.16. The molecule has 0 radical (unpaired) electrons. The van der Waals surface area contributed by atoms with Crippen molar-refractivity contribution in [1.82, 2.24) is 5.43 Å². The minimum atomic E-state index is -0.899. The van der Waals surface area contributed by atoms with Crippen LogP contribution in [-0.4, -0.2) is 30.5 Å². The highest BCUT2D eigenvalue weighted by Gasteiger charge is 2.15. The molecule has 0 atom stereocenters. The molecule has 0 aliphatic rings. The van der Waals surface area contributed by atoms with Gasteiger partial charge in [-0.05, 0) is 67.3 Å². The number of ether oxygens (including phenoxy) is 1. The van der Waals surface area contributed by atoms with Crippen LogP contribution in [0.2, 0.25) is 5.02 Å². The molecule has 0 heterocycles. The van der Waals surface area contributed by atoms with Crippen molar-refractivity contribution in [2.75, 3.05) is 17.2 Å². The van der Waals surface area contributed by atoms with E-state index in [1.165, 1.54) is 6.21 Å². The second-order valence-corrected chi connectivity index (χ2v) is 8.15. The van der Waals surface area contributed by atoms with E-state index in [0.717, 1.165) is 16.7 Å². The summed E-state index contributed by atoms with van der Waals surface area (Å²) in [4.78, 5) is 36.5. The second kappa shape index (κ2) is 11.8. The van der Waals surface area contributed by atoms with E-state index in [2.05, 4.69) is 21.2 Å². The van der Waals surface area contributed by atoms with Crippen molar-refractivity contribution in [2.45, 2.75) is 20.8 Å². The lowest BCUT2D eigenvalue weighted by molar-refractivity contribution is -0.136. The molecule has 0 saturated carbocycles. The van der Waals surface area contributed by atoms with Crippen LogP contribution < -0.4 is 20.8 Å². The summed E-state index contributed by atoms with van der Waals surface area (Å²) in [7, 11) is 0. The minimum absolute atomic E-state index is 0.207. The Morgan fingerprint density at radius 1 is 0.914 bits per heavy atom. The number of carbonyl (C=O) groups is 3. The molecule has 0 spiro atoms. The van der Waals surface area contributed by atoms with Crippen LogP contribution in [0.4, 0.5) is 11.4 Å². The third-order valence-corrected chi connectivity index (χ3v) is 5.48. The first-order chi connectivity index (χ1) is 16.7. The average molecular weight is 493 g/mol. The van der Waals surface area contributed by atoms with Crippen LogP contribution >= 0.6 is 11.6 Å². The molecular formula is C26H25ClN4O4. The second-order valence-electron chi connectivity index (χ2n) is 7.74. The molecule has 0 saturated heterocycles. The number of amides is 3. The molecule has 3 aromatic rings. The van der Waals surface area contributed by atoms with Crippen LogP contribution in [-0.2, 0) is 14.4 Å². The molecule has 0 unspecified atom stereocenters. The van der Waals surface area contributed by atoms with Gasteiger partial charge in [0.2, 0.25) is 0 Å². The summed E-state index contributed by atoms with van der Waals surface area (Å²) in [6.07, 6.45) is 1.37. The van der Waals surface area contributed by atoms with Gasteiger partial charge >= 0.3 is 11.8 Å². The predicted molar refractivity (Wildman–Crippen MR) is 137 cm³/mol. The normalized spacial score (nSPS) is 10.6. The molecule has 3 rings (SSSR count). The van der Waals surface area contributed by atoms with Gasteiger partial charge in [0.25, 0.3) is 5.91 Å². The molecule has 0 aromatic heterocycles. The number of hydrogen-bond acceptors (Lipinski definition) is 5. The van der Waals surface area contributed by atoms with E-state index < -0.39 is 11.8 Å². The van der Waals surface area contributed by atoms with Gasteiger partial charge in [-0.2, -0.15) is 5.10 Å². The first-order valence-corrected chi connectivity index (χ1v) is 11.1. The largest absolute Gasteiger partial charge is 0.484 e. The summed E-state index contributed by atoms with van der Waals surface area (Å²) in [5.74, 6) is -1.62. The third kappa shape index (κ3) is 7.15. The van der Waals surface area contributed by atoms with Crippen molar-refractivity contribution in [2.24, 2.45) is 5.10 Å². The number of rotatable bonds is 7. The third-order valence-electron chi connectivity index (χ3n) is 5.08. The number of anilines is 2. The van der Waals surface area contributed by atoms with Crippen LogP contribution in [0.5, 0.6) is 5.75 Å². The maximum Gasteiger partial charge on any atom is 0.329 e. The number of nitrogens with one attached hydrogen (secondary N) is 3. The van der Waals surface area contributed by atoms with E-state index in [1.807, 2.05) is 39.0 Å². The van der Waals surface area contributed by atoms with Gasteiger partial charge in [0.05, 0.1) is 6.21 Å². The number of halogens is 1. The topological polar surface area (TPSA) is 109 Å². The van der Waals surface area contributed by atoms with Crippen molar-refractivity contribution >= 4 is 46.9 Å². The molecule has 9 heteroatoms. The van der Waals surface area contributed by atoms with Gasteiger partial charge in [0, 0.05) is 16.4 Å².